The fourth-order valence-electron chi connectivity index (χ4n) is 2.86. The van der Waals surface area contributed by atoms with Crippen molar-refractivity contribution in [2.24, 2.45) is 7.05 Å². The minimum absolute atomic E-state index is 0.435. The lowest BCUT2D eigenvalue weighted by Crippen LogP contribution is -2.19. The van der Waals surface area contributed by atoms with E-state index >= 15 is 0 Å². The second kappa shape index (κ2) is 6.36. The molecule has 22 heavy (non-hydrogen) atoms. The standard InChI is InChI=1S/C16H22N4O2/c1-19(13-4-6-14(21-3)7-5-13)16-18-17-15(20(16)2)12-8-10-22-11-9-12/h4-7,12H,8-11H2,1-3H3. The molecule has 6 nitrogen and oxygen atoms in total. The first-order valence-electron chi connectivity index (χ1n) is 7.55. The smallest absolute Gasteiger partial charge is 0.231 e. The molecular weight excluding hydrogens is 280 g/mol. The van der Waals surface area contributed by atoms with Gasteiger partial charge < -0.3 is 14.4 Å². The topological polar surface area (TPSA) is 52.4 Å². The van der Waals surface area contributed by atoms with Crippen molar-refractivity contribution in [1.82, 2.24) is 14.8 Å². The highest BCUT2D eigenvalue weighted by Crippen LogP contribution is 2.29. The van der Waals surface area contributed by atoms with Crippen LogP contribution in [-0.2, 0) is 11.8 Å². The molecule has 0 atom stereocenters. The van der Waals surface area contributed by atoms with Crippen LogP contribution < -0.4 is 9.64 Å². The van der Waals surface area contributed by atoms with E-state index in [1.807, 2.05) is 43.3 Å². The Morgan fingerprint density at radius 2 is 1.86 bits per heavy atom. The number of nitrogens with zero attached hydrogens (tertiary/aromatic N) is 4. The summed E-state index contributed by atoms with van der Waals surface area (Å²) in [4.78, 5) is 2.04. The Balaban J connectivity index is 1.83. The number of methoxy groups -OCH3 is 1. The molecule has 0 spiro atoms. The third-order valence-electron chi connectivity index (χ3n) is 4.23. The molecule has 0 N–H and O–H groups in total. The van der Waals surface area contributed by atoms with E-state index in [1.165, 1.54) is 0 Å². The van der Waals surface area contributed by atoms with Gasteiger partial charge in [0.15, 0.2) is 0 Å². The summed E-state index contributed by atoms with van der Waals surface area (Å²) in [5.41, 5.74) is 1.05. The van der Waals surface area contributed by atoms with Crippen molar-refractivity contribution >= 4 is 11.6 Å². The normalized spacial score (nSPS) is 15.8. The van der Waals surface area contributed by atoms with E-state index in [1.54, 1.807) is 7.11 Å². The zero-order valence-electron chi connectivity index (χ0n) is 13.3. The maximum atomic E-state index is 5.43. The molecule has 6 heteroatoms. The summed E-state index contributed by atoms with van der Waals surface area (Å²) in [6, 6.07) is 7.92. The summed E-state index contributed by atoms with van der Waals surface area (Å²) in [7, 11) is 5.70. The van der Waals surface area contributed by atoms with Crippen LogP contribution in [0.25, 0.3) is 0 Å². The molecule has 0 saturated carbocycles. The van der Waals surface area contributed by atoms with E-state index in [4.69, 9.17) is 9.47 Å². The van der Waals surface area contributed by atoms with Gasteiger partial charge in [0.05, 0.1) is 7.11 Å². The van der Waals surface area contributed by atoms with Crippen LogP contribution in [0.15, 0.2) is 24.3 Å². The minimum atomic E-state index is 0.435. The predicted molar refractivity (Wildman–Crippen MR) is 84.9 cm³/mol. The zero-order valence-corrected chi connectivity index (χ0v) is 13.3. The molecule has 1 aliphatic heterocycles. The highest BCUT2D eigenvalue weighted by atomic mass is 16.5. The van der Waals surface area contributed by atoms with Crippen molar-refractivity contribution < 1.29 is 9.47 Å². The Bertz CT molecular complexity index is 618. The first kappa shape index (κ1) is 14.8. The summed E-state index contributed by atoms with van der Waals surface area (Å²) in [5, 5.41) is 8.79. The molecule has 1 saturated heterocycles. The number of aromatic nitrogens is 3. The van der Waals surface area contributed by atoms with E-state index in [0.717, 1.165) is 49.3 Å². The fraction of sp³-hybridized carbons (Fsp3) is 0.500. The van der Waals surface area contributed by atoms with Crippen LogP contribution in [0.1, 0.15) is 24.6 Å². The molecule has 0 aliphatic carbocycles. The molecule has 1 fully saturated rings. The lowest BCUT2D eigenvalue weighted by Gasteiger charge is -2.22. The van der Waals surface area contributed by atoms with E-state index in [2.05, 4.69) is 14.8 Å². The van der Waals surface area contributed by atoms with Gasteiger partial charge in [-0.15, -0.1) is 10.2 Å². The Labute approximate surface area is 130 Å². The molecule has 0 radical (unpaired) electrons. The van der Waals surface area contributed by atoms with Gasteiger partial charge in [-0.25, -0.2) is 0 Å². The molecule has 1 aromatic heterocycles. The lowest BCUT2D eigenvalue weighted by atomic mass is 10.00. The fourth-order valence-corrected chi connectivity index (χ4v) is 2.86. The SMILES string of the molecule is COc1ccc(N(C)c2nnc(C3CCOCC3)n2C)cc1. The predicted octanol–water partition coefficient (Wildman–Crippen LogP) is 2.49. The van der Waals surface area contributed by atoms with Gasteiger partial charge in [-0.3, -0.25) is 4.57 Å². The third kappa shape index (κ3) is 2.78. The number of anilines is 2. The van der Waals surface area contributed by atoms with Crippen molar-refractivity contribution in [2.75, 3.05) is 32.3 Å². The second-order valence-corrected chi connectivity index (χ2v) is 5.56. The largest absolute Gasteiger partial charge is 0.497 e. The molecule has 0 bridgehead atoms. The number of hydrogen-bond acceptors (Lipinski definition) is 5. The van der Waals surface area contributed by atoms with Crippen molar-refractivity contribution in [1.29, 1.82) is 0 Å². The Hall–Kier alpha value is -2.08. The van der Waals surface area contributed by atoms with Crippen LogP contribution in [0, 0.1) is 0 Å². The molecule has 1 aromatic carbocycles. The van der Waals surface area contributed by atoms with Crippen molar-refractivity contribution in [2.45, 2.75) is 18.8 Å². The van der Waals surface area contributed by atoms with Crippen LogP contribution in [0.2, 0.25) is 0 Å². The third-order valence-corrected chi connectivity index (χ3v) is 4.23. The van der Waals surface area contributed by atoms with Crippen LogP contribution in [-0.4, -0.2) is 42.1 Å². The van der Waals surface area contributed by atoms with Crippen molar-refractivity contribution in [3.63, 3.8) is 0 Å². The molecule has 2 aromatic rings. The van der Waals surface area contributed by atoms with Gasteiger partial charge in [-0.2, -0.15) is 0 Å². The Morgan fingerprint density at radius 3 is 2.50 bits per heavy atom. The summed E-state index contributed by atoms with van der Waals surface area (Å²) in [6.07, 6.45) is 2.02. The summed E-state index contributed by atoms with van der Waals surface area (Å²) in [5.74, 6) is 3.16. The maximum Gasteiger partial charge on any atom is 0.231 e. The number of rotatable bonds is 4. The van der Waals surface area contributed by atoms with Gasteiger partial charge >= 0.3 is 0 Å². The summed E-state index contributed by atoms with van der Waals surface area (Å²) < 4.78 is 12.7. The minimum Gasteiger partial charge on any atom is -0.497 e. The molecular formula is C16H22N4O2. The Kier molecular flexibility index (Phi) is 4.29. The zero-order chi connectivity index (χ0) is 15.5. The van der Waals surface area contributed by atoms with Crippen LogP contribution in [0.5, 0.6) is 5.75 Å². The molecule has 2 heterocycles. The summed E-state index contributed by atoms with van der Waals surface area (Å²) >= 11 is 0. The molecule has 0 unspecified atom stereocenters. The lowest BCUT2D eigenvalue weighted by molar-refractivity contribution is 0.0830. The quantitative estimate of drug-likeness (QED) is 0.868. The van der Waals surface area contributed by atoms with E-state index in [0.29, 0.717) is 5.92 Å². The van der Waals surface area contributed by atoms with Gasteiger partial charge in [0.25, 0.3) is 0 Å². The average Bonchev–Trinajstić information content (AvgIpc) is 2.96. The average molecular weight is 302 g/mol. The van der Waals surface area contributed by atoms with E-state index in [9.17, 15) is 0 Å². The maximum absolute atomic E-state index is 5.43. The second-order valence-electron chi connectivity index (χ2n) is 5.56. The first-order valence-corrected chi connectivity index (χ1v) is 7.55. The van der Waals surface area contributed by atoms with Crippen LogP contribution in [0.4, 0.5) is 11.6 Å². The number of ether oxygens (including phenoxy) is 2. The van der Waals surface area contributed by atoms with Crippen LogP contribution >= 0.6 is 0 Å². The van der Waals surface area contributed by atoms with Gasteiger partial charge in [-0.1, -0.05) is 0 Å². The molecule has 1 aliphatic rings. The molecule has 118 valence electrons. The number of benzene rings is 1. The van der Waals surface area contributed by atoms with Crippen molar-refractivity contribution in [3.05, 3.63) is 30.1 Å². The van der Waals surface area contributed by atoms with Gasteiger partial charge in [0.1, 0.15) is 11.6 Å². The van der Waals surface area contributed by atoms with Gasteiger partial charge in [0.2, 0.25) is 5.95 Å². The summed E-state index contributed by atoms with van der Waals surface area (Å²) in [6.45, 7) is 1.61. The molecule has 3 rings (SSSR count). The van der Waals surface area contributed by atoms with Crippen LogP contribution in [0.3, 0.4) is 0 Å². The Morgan fingerprint density at radius 1 is 1.18 bits per heavy atom. The molecule has 0 amide bonds. The van der Waals surface area contributed by atoms with E-state index in [-0.39, 0.29) is 0 Å². The monoisotopic (exact) mass is 302 g/mol. The first-order chi connectivity index (χ1) is 10.7. The van der Waals surface area contributed by atoms with E-state index < -0.39 is 0 Å². The number of hydrogen-bond donors (Lipinski definition) is 0. The van der Waals surface area contributed by atoms with Gasteiger partial charge in [-0.05, 0) is 37.1 Å². The highest BCUT2D eigenvalue weighted by molar-refractivity contribution is 5.57. The van der Waals surface area contributed by atoms with Crippen molar-refractivity contribution in [3.8, 4) is 5.75 Å². The van der Waals surface area contributed by atoms with Gasteiger partial charge in [0, 0.05) is 38.9 Å². The highest BCUT2D eigenvalue weighted by Gasteiger charge is 2.23.